The minimum absolute atomic E-state index is 0.0433. The van der Waals surface area contributed by atoms with Crippen molar-refractivity contribution in [3.63, 3.8) is 0 Å². The van der Waals surface area contributed by atoms with Crippen molar-refractivity contribution < 1.29 is 38.1 Å². The number of carbonyl (C=O) groups excluding carboxylic acids is 4. The molecule has 0 spiro atoms. The molecular weight excluding hydrogens is 932 g/mol. The summed E-state index contributed by atoms with van der Waals surface area (Å²) in [6, 6.07) is 16.4. The first-order valence-electron chi connectivity index (χ1n) is 23.1. The first kappa shape index (κ1) is 49.8. The molecule has 1 saturated heterocycles. The summed E-state index contributed by atoms with van der Waals surface area (Å²) in [4.78, 5) is 67.3. The van der Waals surface area contributed by atoms with Gasteiger partial charge in [-0.3, -0.25) is 28.7 Å². The largest absolute Gasteiger partial charge is 0.484 e. The van der Waals surface area contributed by atoms with Crippen LogP contribution in [0.2, 0.25) is 0 Å². The molecular formula is C52H57FN8O7S2. The van der Waals surface area contributed by atoms with Crippen LogP contribution in [-0.4, -0.2) is 97.6 Å². The zero-order chi connectivity index (χ0) is 50.3. The van der Waals surface area contributed by atoms with E-state index in [9.17, 15) is 24.3 Å². The zero-order valence-corrected chi connectivity index (χ0v) is 42.4. The van der Waals surface area contributed by atoms with Crippen LogP contribution in [0.1, 0.15) is 97.6 Å². The van der Waals surface area contributed by atoms with Crippen LogP contribution in [0.25, 0.3) is 26.6 Å². The van der Waals surface area contributed by atoms with Crippen molar-refractivity contribution in [2.24, 2.45) is 16.3 Å². The number of β-amino-alcohol motifs (C(OH)–C–C–N with tert-alkyl or cyclic N) is 1. The fourth-order valence-corrected chi connectivity index (χ4v) is 11.0. The molecule has 6 atom stereocenters. The summed E-state index contributed by atoms with van der Waals surface area (Å²) in [6.45, 7) is 16.3. The molecule has 3 N–H and O–H groups in total. The van der Waals surface area contributed by atoms with Crippen molar-refractivity contribution in [2.45, 2.75) is 99.0 Å². The number of methoxy groups -OCH3 is 1. The van der Waals surface area contributed by atoms with Crippen LogP contribution in [0.3, 0.4) is 0 Å². The first-order chi connectivity index (χ1) is 33.2. The van der Waals surface area contributed by atoms with Crippen LogP contribution in [0.5, 0.6) is 5.75 Å². The summed E-state index contributed by atoms with van der Waals surface area (Å²) in [5, 5.41) is 26.2. The predicted octanol–water partition coefficient (Wildman–Crippen LogP) is 7.94. The van der Waals surface area contributed by atoms with Gasteiger partial charge in [0.1, 0.15) is 40.5 Å². The number of carbonyl (C=O) groups is 4. The van der Waals surface area contributed by atoms with Crippen molar-refractivity contribution in [3.8, 4) is 32.3 Å². The number of aliphatic hydroxyl groups is 1. The molecule has 2 aliphatic heterocycles. The van der Waals surface area contributed by atoms with E-state index in [-0.39, 0.29) is 18.7 Å². The second kappa shape index (κ2) is 20.0. The highest BCUT2D eigenvalue weighted by Gasteiger charge is 2.45. The minimum Gasteiger partial charge on any atom is -0.484 e. The first-order valence-corrected chi connectivity index (χ1v) is 24.7. The molecule has 0 aliphatic carbocycles. The summed E-state index contributed by atoms with van der Waals surface area (Å²) in [5.41, 5.74) is 8.10. The highest BCUT2D eigenvalue weighted by Crippen LogP contribution is 2.41. The average Bonchev–Trinajstić information content (AvgIpc) is 4.10. The maximum absolute atomic E-state index is 15.9. The number of aryl methyl sites for hydroxylation is 3. The Kier molecular flexibility index (Phi) is 14.2. The van der Waals surface area contributed by atoms with E-state index in [0.717, 1.165) is 48.3 Å². The normalized spacial score (nSPS) is 17.9. The van der Waals surface area contributed by atoms with Crippen LogP contribution in [0, 0.1) is 44.8 Å². The quantitative estimate of drug-likeness (QED) is 0.0958. The number of esters is 1. The Hall–Kier alpha value is -6.63. The molecule has 3 amide bonds. The third-order valence-electron chi connectivity index (χ3n) is 13.1. The Morgan fingerprint density at radius 3 is 2.26 bits per heavy atom. The molecule has 5 heterocycles. The van der Waals surface area contributed by atoms with E-state index in [1.807, 2.05) is 75.6 Å². The Labute approximate surface area is 414 Å². The van der Waals surface area contributed by atoms with Gasteiger partial charge >= 0.3 is 5.97 Å². The molecule has 15 nitrogen and oxygen atoms in total. The van der Waals surface area contributed by atoms with Gasteiger partial charge in [0.25, 0.3) is 5.91 Å². The number of hydrogen-bond acceptors (Lipinski definition) is 13. The summed E-state index contributed by atoms with van der Waals surface area (Å²) in [5.74, 6) is -1.92. The topological polar surface area (TPSA) is 190 Å². The number of amides is 3. The van der Waals surface area contributed by atoms with Gasteiger partial charge in [0.2, 0.25) is 11.8 Å². The Balaban J connectivity index is 0.928. The summed E-state index contributed by atoms with van der Waals surface area (Å²) in [7, 11) is 1.35. The van der Waals surface area contributed by atoms with Gasteiger partial charge < -0.3 is 30.1 Å². The molecule has 366 valence electrons. The van der Waals surface area contributed by atoms with Gasteiger partial charge in [0.15, 0.2) is 12.4 Å². The summed E-state index contributed by atoms with van der Waals surface area (Å²) >= 11 is 3.16. The SMILES string of the molecule is COC(=O)[C@@H](C)[C@@H]1N=C(c2ccc(-c3ccc(OCC(=O)N[C@H](C(=O)N4C[C@H](O)C[C@H]4C(=O)N[C@@H](C)c4ccc(-c5scnc5C)cc4)C(C)(C)C)cc3F)cc2)c2c(sc(C)c2C)-n2c(C)nnc21. The van der Waals surface area contributed by atoms with Gasteiger partial charge in [-0.05, 0) is 81.3 Å². The molecule has 0 saturated carbocycles. The standard InChI is InChI=1S/C52H57FN8O7S2/c1-26-30(5)70-50-42(26)44(57-43(27(2)51(66)67-10)47-59-58-31(6)61(47)50)34-15-13-33(14-16-34)38-20-19-37(22-39(38)53)68-24-41(63)56-46(52(7,8)9)49(65)60-23-36(62)21-40(60)48(64)55-28(3)32-11-17-35(18-12-32)45-29(4)54-25-69-45/h11-20,22,25,27-28,36,40,43,46,62H,21,23-24H2,1-10H3,(H,55,64)(H,56,63)/t27-,28-,36+,40-,43-,46+/m0/s1. The number of thiazole rings is 1. The number of fused-ring (bicyclic) bond motifs is 3. The molecule has 3 aromatic carbocycles. The highest BCUT2D eigenvalue weighted by atomic mass is 32.1. The predicted molar refractivity (Wildman–Crippen MR) is 267 cm³/mol. The maximum atomic E-state index is 15.9. The number of hydrogen-bond donors (Lipinski definition) is 3. The molecule has 3 aromatic heterocycles. The number of likely N-dealkylation sites (tertiary alicyclic amines) is 1. The van der Waals surface area contributed by atoms with Crippen molar-refractivity contribution in [2.75, 3.05) is 20.3 Å². The van der Waals surface area contributed by atoms with Crippen LogP contribution < -0.4 is 15.4 Å². The van der Waals surface area contributed by atoms with Crippen molar-refractivity contribution in [1.29, 1.82) is 0 Å². The number of nitrogens with zero attached hydrogens (tertiary/aromatic N) is 6. The van der Waals surface area contributed by atoms with Gasteiger partial charge in [-0.25, -0.2) is 9.37 Å². The van der Waals surface area contributed by atoms with E-state index in [2.05, 4.69) is 25.8 Å². The fraction of sp³-hybridized carbons (Fsp3) is 0.385. The lowest BCUT2D eigenvalue weighted by molar-refractivity contribution is -0.145. The second-order valence-corrected chi connectivity index (χ2v) is 21.1. The summed E-state index contributed by atoms with van der Waals surface area (Å²) < 4.78 is 28.7. The molecule has 70 heavy (non-hydrogen) atoms. The van der Waals surface area contributed by atoms with Crippen molar-refractivity contribution in [3.05, 3.63) is 123 Å². The third kappa shape index (κ3) is 9.89. The lowest BCUT2D eigenvalue weighted by atomic mass is 9.85. The maximum Gasteiger partial charge on any atom is 0.311 e. The number of nitrogens with one attached hydrogen (secondary N) is 2. The van der Waals surface area contributed by atoms with Gasteiger partial charge in [-0.2, -0.15) is 0 Å². The number of thiophene rings is 1. The van der Waals surface area contributed by atoms with Crippen LogP contribution >= 0.6 is 22.7 Å². The number of halogens is 1. The number of aliphatic imine (C=N–C) groups is 1. The zero-order valence-electron chi connectivity index (χ0n) is 40.8. The van der Waals surface area contributed by atoms with Gasteiger partial charge in [-0.15, -0.1) is 32.9 Å². The molecule has 2 aliphatic rings. The number of benzene rings is 3. The molecule has 0 unspecified atom stereocenters. The Morgan fingerprint density at radius 2 is 1.61 bits per heavy atom. The lowest BCUT2D eigenvalue weighted by Gasteiger charge is -2.35. The molecule has 18 heteroatoms. The molecule has 0 radical (unpaired) electrons. The summed E-state index contributed by atoms with van der Waals surface area (Å²) in [6.07, 6.45) is -0.891. The molecule has 0 bridgehead atoms. The van der Waals surface area contributed by atoms with Crippen molar-refractivity contribution >= 4 is 52.1 Å². The number of ether oxygens (including phenoxy) is 2. The van der Waals surface area contributed by atoms with E-state index in [1.54, 1.807) is 80.1 Å². The van der Waals surface area contributed by atoms with E-state index in [4.69, 9.17) is 14.5 Å². The van der Waals surface area contributed by atoms with E-state index < -0.39 is 77.7 Å². The monoisotopic (exact) mass is 988 g/mol. The number of aliphatic hydroxyl groups excluding tert-OH is 1. The average molecular weight is 989 g/mol. The molecule has 1 fully saturated rings. The van der Waals surface area contributed by atoms with Gasteiger partial charge in [0.05, 0.1) is 47.0 Å². The van der Waals surface area contributed by atoms with Crippen LogP contribution in [0.15, 0.2) is 77.2 Å². The Morgan fingerprint density at radius 1 is 0.929 bits per heavy atom. The minimum atomic E-state index is -1.08. The fourth-order valence-electron chi connectivity index (χ4n) is 8.99. The van der Waals surface area contributed by atoms with E-state index >= 15 is 4.39 Å². The van der Waals surface area contributed by atoms with Gasteiger partial charge in [0, 0.05) is 40.6 Å². The second-order valence-electron chi connectivity index (χ2n) is 19.0. The Bertz CT molecular complexity index is 2990. The van der Waals surface area contributed by atoms with Crippen LogP contribution in [-0.2, 0) is 23.9 Å². The van der Waals surface area contributed by atoms with Crippen LogP contribution in [0.4, 0.5) is 4.39 Å². The number of aromatic nitrogens is 4. The third-order valence-corrected chi connectivity index (χ3v) is 15.2. The number of rotatable bonds is 13. The lowest BCUT2D eigenvalue weighted by Crippen LogP contribution is -2.58. The van der Waals surface area contributed by atoms with E-state index in [0.29, 0.717) is 28.5 Å². The molecule has 6 aromatic rings. The van der Waals surface area contributed by atoms with Gasteiger partial charge in [-0.1, -0.05) is 69.3 Å². The van der Waals surface area contributed by atoms with Crippen molar-refractivity contribution in [1.82, 2.24) is 35.3 Å². The molecule has 8 rings (SSSR count). The van der Waals surface area contributed by atoms with E-state index in [1.165, 1.54) is 18.1 Å². The smallest absolute Gasteiger partial charge is 0.311 e. The highest BCUT2D eigenvalue weighted by molar-refractivity contribution is 7.15.